The minimum atomic E-state index is -0.723. The zero-order valence-electron chi connectivity index (χ0n) is 9.71. The van der Waals surface area contributed by atoms with Crippen molar-refractivity contribution in [2.75, 3.05) is 14.2 Å². The van der Waals surface area contributed by atoms with Crippen LogP contribution in [0, 0.1) is 0 Å². The Balaban J connectivity index is 2.89. The highest BCUT2D eigenvalue weighted by Crippen LogP contribution is 2.17. The summed E-state index contributed by atoms with van der Waals surface area (Å²) in [6.45, 7) is 1.81. The molecule has 1 N–H and O–H groups in total. The summed E-state index contributed by atoms with van der Waals surface area (Å²) in [6, 6.07) is 7.45. The van der Waals surface area contributed by atoms with Gasteiger partial charge in [-0.1, -0.05) is 23.7 Å². The fourth-order valence-electron chi connectivity index (χ4n) is 1.54. The Morgan fingerprint density at radius 3 is 2.75 bits per heavy atom. The number of likely N-dealkylation sites (N-methyl/N-ethyl adjacent to an activating group) is 1. The predicted octanol–water partition coefficient (Wildman–Crippen LogP) is 2.03. The van der Waals surface area contributed by atoms with Gasteiger partial charge in [0, 0.05) is 11.4 Å². The Morgan fingerprint density at radius 1 is 1.56 bits per heavy atom. The average molecular weight is 242 g/mol. The summed E-state index contributed by atoms with van der Waals surface area (Å²) >= 11 is 5.89. The molecule has 0 aromatic heterocycles. The van der Waals surface area contributed by atoms with E-state index in [0.29, 0.717) is 11.4 Å². The largest absolute Gasteiger partial charge is 0.468 e. The highest BCUT2D eigenvalue weighted by molar-refractivity contribution is 6.30. The van der Waals surface area contributed by atoms with Crippen molar-refractivity contribution in [3.63, 3.8) is 0 Å². The highest BCUT2D eigenvalue weighted by atomic mass is 35.5. The third kappa shape index (κ3) is 2.97. The number of esters is 1. The van der Waals surface area contributed by atoms with Gasteiger partial charge in [0.25, 0.3) is 0 Å². The number of benzene rings is 1. The lowest BCUT2D eigenvalue weighted by molar-refractivity contribution is -0.147. The van der Waals surface area contributed by atoms with Crippen LogP contribution in [0.5, 0.6) is 0 Å². The molecule has 0 aliphatic heterocycles. The molecule has 0 spiro atoms. The van der Waals surface area contributed by atoms with Gasteiger partial charge in [0.1, 0.15) is 5.54 Å². The van der Waals surface area contributed by atoms with Crippen LogP contribution in [0.3, 0.4) is 0 Å². The van der Waals surface area contributed by atoms with Gasteiger partial charge in [-0.05, 0) is 31.7 Å². The molecule has 1 aromatic carbocycles. The summed E-state index contributed by atoms with van der Waals surface area (Å²) in [5, 5.41) is 3.65. The Hall–Kier alpha value is -1.06. The Kier molecular flexibility index (Phi) is 4.33. The first-order chi connectivity index (χ1) is 7.51. The van der Waals surface area contributed by atoms with Crippen LogP contribution in [0.1, 0.15) is 12.5 Å². The maximum absolute atomic E-state index is 11.6. The summed E-state index contributed by atoms with van der Waals surface area (Å²) in [5.74, 6) is -0.282. The van der Waals surface area contributed by atoms with E-state index in [1.54, 1.807) is 20.0 Å². The van der Waals surface area contributed by atoms with Gasteiger partial charge in [0.15, 0.2) is 0 Å². The number of ether oxygens (including phenoxy) is 1. The van der Waals surface area contributed by atoms with Gasteiger partial charge in [0.05, 0.1) is 7.11 Å². The molecule has 1 aromatic rings. The predicted molar refractivity (Wildman–Crippen MR) is 64.6 cm³/mol. The van der Waals surface area contributed by atoms with Crippen LogP contribution in [0.2, 0.25) is 5.02 Å². The molecule has 0 bridgehead atoms. The maximum Gasteiger partial charge on any atom is 0.326 e. The van der Waals surface area contributed by atoms with E-state index in [4.69, 9.17) is 16.3 Å². The van der Waals surface area contributed by atoms with E-state index in [0.717, 1.165) is 5.56 Å². The molecule has 16 heavy (non-hydrogen) atoms. The van der Waals surface area contributed by atoms with Gasteiger partial charge in [-0.3, -0.25) is 4.79 Å². The number of methoxy groups -OCH3 is 1. The molecular weight excluding hydrogens is 226 g/mol. The van der Waals surface area contributed by atoms with Gasteiger partial charge >= 0.3 is 5.97 Å². The monoisotopic (exact) mass is 241 g/mol. The van der Waals surface area contributed by atoms with Crippen LogP contribution < -0.4 is 5.32 Å². The molecule has 3 nitrogen and oxygen atoms in total. The molecule has 88 valence electrons. The van der Waals surface area contributed by atoms with E-state index in [2.05, 4.69) is 5.32 Å². The summed E-state index contributed by atoms with van der Waals surface area (Å²) in [7, 11) is 3.12. The molecule has 4 heteroatoms. The highest BCUT2D eigenvalue weighted by Gasteiger charge is 2.32. The van der Waals surface area contributed by atoms with Gasteiger partial charge < -0.3 is 10.1 Å². The van der Waals surface area contributed by atoms with Gasteiger partial charge in [-0.2, -0.15) is 0 Å². The zero-order valence-corrected chi connectivity index (χ0v) is 10.5. The third-order valence-corrected chi connectivity index (χ3v) is 2.87. The molecule has 0 aliphatic rings. The lowest BCUT2D eigenvalue weighted by Crippen LogP contribution is -2.50. The standard InChI is InChI=1S/C12H16ClNO2/c1-12(14-2,11(15)16-3)8-9-5-4-6-10(13)7-9/h4-7,14H,8H2,1-3H3. The summed E-state index contributed by atoms with van der Waals surface area (Å²) < 4.78 is 4.77. The normalized spacial score (nSPS) is 14.2. The lowest BCUT2D eigenvalue weighted by Gasteiger charge is -2.26. The summed E-state index contributed by atoms with van der Waals surface area (Å²) in [4.78, 5) is 11.6. The van der Waals surface area contributed by atoms with Crippen molar-refractivity contribution < 1.29 is 9.53 Å². The van der Waals surface area contributed by atoms with Crippen LogP contribution in [0.15, 0.2) is 24.3 Å². The number of carbonyl (C=O) groups is 1. The number of carbonyl (C=O) groups excluding carboxylic acids is 1. The molecule has 1 atom stereocenters. The fourth-order valence-corrected chi connectivity index (χ4v) is 1.76. The Morgan fingerprint density at radius 2 is 2.25 bits per heavy atom. The van der Waals surface area contributed by atoms with Gasteiger partial charge in [0.2, 0.25) is 0 Å². The smallest absolute Gasteiger partial charge is 0.326 e. The molecule has 0 amide bonds. The molecule has 0 saturated heterocycles. The second-order valence-corrected chi connectivity index (χ2v) is 4.32. The summed E-state index contributed by atoms with van der Waals surface area (Å²) in [5.41, 5.74) is 0.272. The number of nitrogens with one attached hydrogen (secondary N) is 1. The second kappa shape index (κ2) is 5.32. The quantitative estimate of drug-likeness (QED) is 0.820. The van der Waals surface area contributed by atoms with Crippen molar-refractivity contribution >= 4 is 17.6 Å². The van der Waals surface area contributed by atoms with Crippen molar-refractivity contribution in [2.24, 2.45) is 0 Å². The molecule has 0 aliphatic carbocycles. The molecule has 0 heterocycles. The average Bonchev–Trinajstić information content (AvgIpc) is 2.27. The molecule has 1 unspecified atom stereocenters. The van der Waals surface area contributed by atoms with Crippen LogP contribution >= 0.6 is 11.6 Å². The molecule has 0 saturated carbocycles. The van der Waals surface area contributed by atoms with Crippen LogP contribution in [0.25, 0.3) is 0 Å². The van der Waals surface area contributed by atoms with E-state index in [1.165, 1.54) is 7.11 Å². The topological polar surface area (TPSA) is 38.3 Å². The fraction of sp³-hybridized carbons (Fsp3) is 0.417. The second-order valence-electron chi connectivity index (χ2n) is 3.88. The van der Waals surface area contributed by atoms with E-state index < -0.39 is 5.54 Å². The van der Waals surface area contributed by atoms with Crippen LogP contribution in [-0.2, 0) is 16.0 Å². The number of rotatable bonds is 4. The van der Waals surface area contributed by atoms with Gasteiger partial charge in [-0.15, -0.1) is 0 Å². The first-order valence-corrected chi connectivity index (χ1v) is 5.41. The van der Waals surface area contributed by atoms with E-state index in [9.17, 15) is 4.79 Å². The number of hydrogen-bond donors (Lipinski definition) is 1. The molecule has 0 fully saturated rings. The van der Waals surface area contributed by atoms with Crippen LogP contribution in [0.4, 0.5) is 0 Å². The minimum Gasteiger partial charge on any atom is -0.468 e. The van der Waals surface area contributed by atoms with Crippen molar-refractivity contribution in [1.29, 1.82) is 0 Å². The zero-order chi connectivity index (χ0) is 12.2. The first kappa shape index (κ1) is 13.0. The SMILES string of the molecule is CNC(C)(Cc1cccc(Cl)c1)C(=O)OC. The molecular formula is C12H16ClNO2. The third-order valence-electron chi connectivity index (χ3n) is 2.63. The Bertz CT molecular complexity index is 381. The summed E-state index contributed by atoms with van der Waals surface area (Å²) in [6.07, 6.45) is 0.538. The van der Waals surface area contributed by atoms with Gasteiger partial charge in [-0.25, -0.2) is 0 Å². The first-order valence-electron chi connectivity index (χ1n) is 5.03. The number of halogens is 1. The van der Waals surface area contributed by atoms with Crippen molar-refractivity contribution in [3.05, 3.63) is 34.9 Å². The van der Waals surface area contributed by atoms with E-state index >= 15 is 0 Å². The molecule has 0 radical (unpaired) electrons. The van der Waals surface area contributed by atoms with Crippen LogP contribution in [-0.4, -0.2) is 25.7 Å². The molecule has 1 rings (SSSR count). The van der Waals surface area contributed by atoms with E-state index in [-0.39, 0.29) is 5.97 Å². The van der Waals surface area contributed by atoms with Crippen molar-refractivity contribution in [2.45, 2.75) is 18.9 Å². The van der Waals surface area contributed by atoms with E-state index in [1.807, 2.05) is 18.2 Å². The number of hydrogen-bond acceptors (Lipinski definition) is 3. The lowest BCUT2D eigenvalue weighted by atomic mass is 9.93. The maximum atomic E-state index is 11.6. The Labute approximate surface area is 101 Å². The minimum absolute atomic E-state index is 0.282. The van der Waals surface area contributed by atoms with Crippen molar-refractivity contribution in [1.82, 2.24) is 5.32 Å². The van der Waals surface area contributed by atoms with Crippen molar-refractivity contribution in [3.8, 4) is 0 Å².